The topological polar surface area (TPSA) is 76.3 Å². The number of rotatable bonds is 6. The second-order valence-electron chi connectivity index (χ2n) is 9.18. The van der Waals surface area contributed by atoms with Crippen molar-refractivity contribution in [1.82, 2.24) is 4.98 Å². The number of pyridine rings is 1. The third-order valence-corrected chi connectivity index (χ3v) is 7.11. The van der Waals surface area contributed by atoms with E-state index in [1.807, 2.05) is 43.3 Å². The molecule has 1 aliphatic heterocycles. The van der Waals surface area contributed by atoms with E-state index >= 15 is 0 Å². The molecule has 1 saturated heterocycles. The predicted molar refractivity (Wildman–Crippen MR) is 139 cm³/mol. The van der Waals surface area contributed by atoms with E-state index < -0.39 is 16.4 Å². The zero-order valence-corrected chi connectivity index (χ0v) is 21.0. The van der Waals surface area contributed by atoms with Gasteiger partial charge in [-0.1, -0.05) is 60.5 Å². The SMILES string of the molecule is C=CC[C@@]1(C)C[C@H](c2cccc(Cl)c2)[C@@H](c2ccc(Cl)cc2)N(c2ncc([N+](=O)[O-])cc2C)C1=O. The van der Waals surface area contributed by atoms with Crippen LogP contribution in [-0.4, -0.2) is 15.8 Å². The normalized spacial score (nSPS) is 22.2. The van der Waals surface area contributed by atoms with Gasteiger partial charge in [-0.25, -0.2) is 4.98 Å². The Morgan fingerprint density at radius 1 is 1.17 bits per heavy atom. The fourth-order valence-corrected chi connectivity index (χ4v) is 5.31. The second kappa shape index (κ2) is 9.80. The molecule has 0 N–H and O–H groups in total. The highest BCUT2D eigenvalue weighted by Gasteiger charge is 2.50. The van der Waals surface area contributed by atoms with Crippen LogP contribution in [0.15, 0.2) is 73.4 Å². The Morgan fingerprint density at radius 3 is 2.49 bits per heavy atom. The molecule has 0 unspecified atom stereocenters. The summed E-state index contributed by atoms with van der Waals surface area (Å²) < 4.78 is 0. The van der Waals surface area contributed by atoms with E-state index in [9.17, 15) is 14.9 Å². The van der Waals surface area contributed by atoms with E-state index in [0.717, 1.165) is 11.1 Å². The molecule has 2 aromatic carbocycles. The number of carbonyl (C=O) groups excluding carboxylic acids is 1. The first-order valence-electron chi connectivity index (χ1n) is 11.2. The highest BCUT2D eigenvalue weighted by Crippen LogP contribution is 2.52. The molecule has 0 radical (unpaired) electrons. The van der Waals surface area contributed by atoms with Crippen LogP contribution in [0.1, 0.15) is 48.4 Å². The molecule has 1 fully saturated rings. The van der Waals surface area contributed by atoms with Crippen LogP contribution < -0.4 is 4.90 Å². The van der Waals surface area contributed by atoms with Gasteiger partial charge in [-0.15, -0.1) is 6.58 Å². The Bertz CT molecular complexity index is 1300. The number of benzene rings is 2. The molecule has 8 heteroatoms. The van der Waals surface area contributed by atoms with E-state index in [4.69, 9.17) is 23.2 Å². The van der Waals surface area contributed by atoms with Gasteiger partial charge in [-0.2, -0.15) is 0 Å². The minimum atomic E-state index is -0.756. The minimum Gasteiger partial charge on any atom is -0.288 e. The van der Waals surface area contributed by atoms with Gasteiger partial charge in [0, 0.05) is 22.0 Å². The maximum absolute atomic E-state index is 14.2. The fourth-order valence-electron chi connectivity index (χ4n) is 4.98. The molecule has 1 aliphatic rings. The fraction of sp³-hybridized carbons (Fsp3) is 0.259. The van der Waals surface area contributed by atoms with Gasteiger partial charge in [0.1, 0.15) is 12.0 Å². The van der Waals surface area contributed by atoms with Crippen LogP contribution in [-0.2, 0) is 4.79 Å². The average Bonchev–Trinajstić information content (AvgIpc) is 2.82. The smallest absolute Gasteiger partial charge is 0.287 e. The molecule has 1 amide bonds. The van der Waals surface area contributed by atoms with Crippen LogP contribution in [0.3, 0.4) is 0 Å². The van der Waals surface area contributed by atoms with Crippen molar-refractivity contribution >= 4 is 40.6 Å². The number of carbonyl (C=O) groups is 1. The first kappa shape index (κ1) is 24.9. The lowest BCUT2D eigenvalue weighted by Gasteiger charge is -2.49. The third-order valence-electron chi connectivity index (χ3n) is 6.62. The Labute approximate surface area is 214 Å². The van der Waals surface area contributed by atoms with Gasteiger partial charge in [-0.3, -0.25) is 19.8 Å². The van der Waals surface area contributed by atoms with Crippen molar-refractivity contribution in [2.45, 2.75) is 38.6 Å². The molecule has 0 saturated carbocycles. The van der Waals surface area contributed by atoms with Gasteiger partial charge in [0.25, 0.3) is 5.69 Å². The molecular weight excluding hydrogens is 485 g/mol. The van der Waals surface area contributed by atoms with Crippen LogP contribution >= 0.6 is 23.2 Å². The van der Waals surface area contributed by atoms with Crippen molar-refractivity contribution in [3.8, 4) is 0 Å². The van der Waals surface area contributed by atoms with Crippen molar-refractivity contribution in [3.63, 3.8) is 0 Å². The lowest BCUT2D eigenvalue weighted by molar-refractivity contribution is -0.385. The van der Waals surface area contributed by atoms with Crippen molar-refractivity contribution in [1.29, 1.82) is 0 Å². The zero-order chi connectivity index (χ0) is 25.3. The first-order chi connectivity index (χ1) is 16.6. The van der Waals surface area contributed by atoms with E-state index in [0.29, 0.717) is 34.3 Å². The highest BCUT2D eigenvalue weighted by molar-refractivity contribution is 6.30. The number of anilines is 1. The van der Waals surface area contributed by atoms with Crippen molar-refractivity contribution < 1.29 is 9.72 Å². The van der Waals surface area contributed by atoms with Crippen molar-refractivity contribution in [2.24, 2.45) is 5.41 Å². The summed E-state index contributed by atoms with van der Waals surface area (Å²) in [6.07, 6.45) is 3.99. The lowest BCUT2D eigenvalue weighted by atomic mass is 9.67. The average molecular weight is 510 g/mol. The second-order valence-corrected chi connectivity index (χ2v) is 10.1. The number of aromatic nitrogens is 1. The van der Waals surface area contributed by atoms with Gasteiger partial charge in [0.05, 0.1) is 16.4 Å². The maximum Gasteiger partial charge on any atom is 0.287 e. The summed E-state index contributed by atoms with van der Waals surface area (Å²) >= 11 is 12.6. The third kappa shape index (κ3) is 4.81. The Kier molecular flexibility index (Phi) is 6.97. The number of hydrogen-bond donors (Lipinski definition) is 0. The molecule has 2 heterocycles. The number of piperidine rings is 1. The minimum absolute atomic E-state index is 0.111. The Morgan fingerprint density at radius 2 is 1.89 bits per heavy atom. The number of halogens is 2. The summed E-state index contributed by atoms with van der Waals surface area (Å²) in [4.78, 5) is 31.1. The van der Waals surface area contributed by atoms with E-state index in [1.165, 1.54) is 12.3 Å². The standard InChI is InChI=1S/C27H25Cl2N3O3/c1-4-12-27(3)15-23(19-6-5-7-21(29)14-19)24(18-8-10-20(28)11-9-18)31(26(27)33)25-17(2)13-22(16-30-25)32(34)35/h4-11,13-14,16,23-24H,1,12,15H2,2-3H3/t23-,24-,27+/m1/s1. The molecule has 0 bridgehead atoms. The lowest BCUT2D eigenvalue weighted by Crippen LogP contribution is -2.52. The summed E-state index contributed by atoms with van der Waals surface area (Å²) in [6.45, 7) is 7.54. The number of allylic oxidation sites excluding steroid dienone is 1. The predicted octanol–water partition coefficient (Wildman–Crippen LogP) is 7.45. The molecule has 180 valence electrons. The van der Waals surface area contributed by atoms with Gasteiger partial charge in [0.2, 0.25) is 5.91 Å². The number of hydrogen-bond acceptors (Lipinski definition) is 4. The van der Waals surface area contributed by atoms with Crippen molar-refractivity contribution in [2.75, 3.05) is 4.90 Å². The van der Waals surface area contributed by atoms with Gasteiger partial charge >= 0.3 is 0 Å². The quantitative estimate of drug-likeness (QED) is 0.196. The van der Waals surface area contributed by atoms with E-state index in [-0.39, 0.29) is 17.5 Å². The van der Waals surface area contributed by atoms with Crippen LogP contribution in [0.2, 0.25) is 10.0 Å². The monoisotopic (exact) mass is 509 g/mol. The molecule has 4 rings (SSSR count). The molecule has 0 aliphatic carbocycles. The van der Waals surface area contributed by atoms with E-state index in [2.05, 4.69) is 11.6 Å². The van der Waals surface area contributed by atoms with Gasteiger partial charge in [0.15, 0.2) is 0 Å². The number of nitro groups is 1. The van der Waals surface area contributed by atoms with Crippen molar-refractivity contribution in [3.05, 3.63) is 110 Å². The Balaban J connectivity index is 1.97. The van der Waals surface area contributed by atoms with Crippen LogP contribution in [0.25, 0.3) is 0 Å². The molecule has 3 aromatic rings. The number of aryl methyl sites for hydroxylation is 1. The van der Waals surface area contributed by atoms with Gasteiger partial charge in [-0.05, 0) is 60.7 Å². The first-order valence-corrected chi connectivity index (χ1v) is 12.0. The molecular formula is C27H25Cl2N3O3. The summed E-state index contributed by atoms with van der Waals surface area (Å²) in [6, 6.07) is 16.1. The van der Waals surface area contributed by atoms with Crippen LogP contribution in [0.5, 0.6) is 0 Å². The van der Waals surface area contributed by atoms with Crippen LogP contribution in [0.4, 0.5) is 11.5 Å². The molecule has 6 nitrogen and oxygen atoms in total. The molecule has 1 aromatic heterocycles. The summed E-state index contributed by atoms with van der Waals surface area (Å²) in [5.41, 5.74) is 1.53. The zero-order valence-electron chi connectivity index (χ0n) is 19.4. The summed E-state index contributed by atoms with van der Waals surface area (Å²) in [7, 11) is 0. The Hall–Kier alpha value is -3.22. The summed E-state index contributed by atoms with van der Waals surface area (Å²) in [5, 5.41) is 12.5. The van der Waals surface area contributed by atoms with Gasteiger partial charge < -0.3 is 0 Å². The number of nitrogens with zero attached hydrogens (tertiary/aromatic N) is 3. The molecule has 0 spiro atoms. The van der Waals surface area contributed by atoms with Crippen LogP contribution in [0, 0.1) is 22.5 Å². The van der Waals surface area contributed by atoms with E-state index in [1.54, 1.807) is 30.0 Å². The molecule has 35 heavy (non-hydrogen) atoms. The largest absolute Gasteiger partial charge is 0.288 e. The maximum atomic E-state index is 14.2. The highest BCUT2D eigenvalue weighted by atomic mass is 35.5. The number of amides is 1. The molecule has 3 atom stereocenters. The summed E-state index contributed by atoms with van der Waals surface area (Å²) in [5.74, 6) is 0.150.